The van der Waals surface area contributed by atoms with Crippen LogP contribution in [0.3, 0.4) is 0 Å². The van der Waals surface area contributed by atoms with Gasteiger partial charge in [0, 0.05) is 19.7 Å². The highest BCUT2D eigenvalue weighted by atomic mass is 19.1. The van der Waals surface area contributed by atoms with Gasteiger partial charge in [0.25, 0.3) is 5.91 Å². The van der Waals surface area contributed by atoms with Gasteiger partial charge >= 0.3 is 0 Å². The Bertz CT molecular complexity index is 418. The summed E-state index contributed by atoms with van der Waals surface area (Å²) in [6, 6.07) is 4.88. The van der Waals surface area contributed by atoms with Gasteiger partial charge in [-0.3, -0.25) is 4.79 Å². The van der Waals surface area contributed by atoms with E-state index in [1.54, 1.807) is 31.1 Å². The summed E-state index contributed by atoms with van der Waals surface area (Å²) < 4.78 is 18.9. The number of hydrogen-bond acceptors (Lipinski definition) is 2. The average Bonchev–Trinajstić information content (AvgIpc) is 2.32. The summed E-state index contributed by atoms with van der Waals surface area (Å²) in [4.78, 5) is 13.9. The smallest absolute Gasteiger partial charge is 0.257 e. The van der Waals surface area contributed by atoms with Crippen LogP contribution in [-0.2, 0) is 4.74 Å². The third-order valence-corrected chi connectivity index (χ3v) is 2.84. The van der Waals surface area contributed by atoms with Crippen molar-refractivity contribution in [1.82, 2.24) is 4.90 Å². The van der Waals surface area contributed by atoms with Crippen molar-refractivity contribution < 1.29 is 13.9 Å². The summed E-state index contributed by atoms with van der Waals surface area (Å²) in [5.41, 5.74) is 0.608. The molecule has 0 radical (unpaired) electrons. The molecule has 4 heteroatoms. The summed E-state index contributed by atoms with van der Waals surface area (Å²) in [5.74, 6) is -0.728. The van der Waals surface area contributed by atoms with Crippen molar-refractivity contribution in [3.05, 3.63) is 35.1 Å². The molecule has 1 aromatic rings. The molecule has 0 saturated carbocycles. The predicted molar refractivity (Wildman–Crippen MR) is 69.2 cm³/mol. The second-order valence-corrected chi connectivity index (χ2v) is 4.52. The lowest BCUT2D eigenvalue weighted by molar-refractivity contribution is 0.0630. The minimum Gasteiger partial charge on any atom is -0.383 e. The fraction of sp³-hybridized carbons (Fsp3) is 0.500. The molecular formula is C14H20FNO2. The standard InChI is InChI=1S/C14H20FNO2/c1-10(2)16(8-9-18-4)14(17)12-7-5-6-11(3)13(12)15/h5-7,10H,8-9H2,1-4H3. The topological polar surface area (TPSA) is 29.5 Å². The maximum absolute atomic E-state index is 13.9. The van der Waals surface area contributed by atoms with Crippen LogP contribution in [0, 0.1) is 12.7 Å². The molecule has 0 atom stereocenters. The summed E-state index contributed by atoms with van der Waals surface area (Å²) in [5, 5.41) is 0. The average molecular weight is 253 g/mol. The summed E-state index contributed by atoms with van der Waals surface area (Å²) in [6.45, 7) is 6.36. The van der Waals surface area contributed by atoms with E-state index in [0.717, 1.165) is 0 Å². The second kappa shape index (κ2) is 6.50. The van der Waals surface area contributed by atoms with Gasteiger partial charge in [-0.1, -0.05) is 12.1 Å². The molecule has 1 aromatic carbocycles. The molecule has 0 fully saturated rings. The molecule has 0 saturated heterocycles. The first-order chi connectivity index (χ1) is 8.49. The normalized spacial score (nSPS) is 10.8. The third kappa shape index (κ3) is 3.29. The van der Waals surface area contributed by atoms with Gasteiger partial charge in [-0.05, 0) is 32.4 Å². The first-order valence-corrected chi connectivity index (χ1v) is 6.04. The quantitative estimate of drug-likeness (QED) is 0.807. The number of aryl methyl sites for hydroxylation is 1. The monoisotopic (exact) mass is 253 g/mol. The third-order valence-electron chi connectivity index (χ3n) is 2.84. The number of hydrogen-bond donors (Lipinski definition) is 0. The van der Waals surface area contributed by atoms with E-state index in [-0.39, 0.29) is 17.5 Å². The Hall–Kier alpha value is -1.42. The Morgan fingerprint density at radius 2 is 2.11 bits per heavy atom. The number of methoxy groups -OCH3 is 1. The molecule has 0 aliphatic rings. The predicted octanol–water partition coefficient (Wildman–Crippen LogP) is 2.63. The molecule has 0 spiro atoms. The van der Waals surface area contributed by atoms with Crippen molar-refractivity contribution in [3.63, 3.8) is 0 Å². The van der Waals surface area contributed by atoms with Crippen LogP contribution in [0.15, 0.2) is 18.2 Å². The molecule has 1 rings (SSSR count). The molecule has 0 aliphatic carbocycles. The largest absolute Gasteiger partial charge is 0.383 e. The second-order valence-electron chi connectivity index (χ2n) is 4.52. The van der Waals surface area contributed by atoms with Gasteiger partial charge in [0.2, 0.25) is 0 Å². The highest BCUT2D eigenvalue weighted by molar-refractivity contribution is 5.94. The Morgan fingerprint density at radius 1 is 1.44 bits per heavy atom. The van der Waals surface area contributed by atoms with Gasteiger partial charge < -0.3 is 9.64 Å². The maximum Gasteiger partial charge on any atom is 0.257 e. The minimum atomic E-state index is -0.439. The summed E-state index contributed by atoms with van der Waals surface area (Å²) in [6.07, 6.45) is 0. The number of rotatable bonds is 5. The highest BCUT2D eigenvalue weighted by Crippen LogP contribution is 2.15. The van der Waals surface area contributed by atoms with E-state index in [1.165, 1.54) is 6.07 Å². The lowest BCUT2D eigenvalue weighted by Crippen LogP contribution is -2.39. The van der Waals surface area contributed by atoms with Gasteiger partial charge in [0.1, 0.15) is 5.82 Å². The molecule has 1 amide bonds. The molecule has 0 unspecified atom stereocenters. The number of nitrogens with zero attached hydrogens (tertiary/aromatic N) is 1. The lowest BCUT2D eigenvalue weighted by Gasteiger charge is -2.26. The Kier molecular flexibility index (Phi) is 5.28. The van der Waals surface area contributed by atoms with E-state index in [4.69, 9.17) is 4.74 Å². The lowest BCUT2D eigenvalue weighted by atomic mass is 10.1. The van der Waals surface area contributed by atoms with Crippen molar-refractivity contribution in [2.45, 2.75) is 26.8 Å². The zero-order chi connectivity index (χ0) is 13.7. The number of benzene rings is 1. The molecule has 0 aromatic heterocycles. The number of amides is 1. The van der Waals surface area contributed by atoms with E-state index in [2.05, 4.69) is 0 Å². The molecule has 0 N–H and O–H groups in total. The van der Waals surface area contributed by atoms with Crippen LogP contribution in [0.2, 0.25) is 0 Å². The molecule has 100 valence electrons. The Balaban J connectivity index is 2.98. The first kappa shape index (κ1) is 14.6. The van der Waals surface area contributed by atoms with Crippen LogP contribution in [-0.4, -0.2) is 37.1 Å². The number of carbonyl (C=O) groups is 1. The summed E-state index contributed by atoms with van der Waals surface area (Å²) in [7, 11) is 1.58. The minimum absolute atomic E-state index is 0.00700. The molecule has 3 nitrogen and oxygen atoms in total. The van der Waals surface area contributed by atoms with Gasteiger partial charge in [-0.2, -0.15) is 0 Å². The van der Waals surface area contributed by atoms with E-state index in [1.807, 2.05) is 13.8 Å². The van der Waals surface area contributed by atoms with Crippen LogP contribution in [0.5, 0.6) is 0 Å². The summed E-state index contributed by atoms with van der Waals surface area (Å²) >= 11 is 0. The zero-order valence-corrected chi connectivity index (χ0v) is 11.4. The fourth-order valence-electron chi connectivity index (χ4n) is 1.75. The van der Waals surface area contributed by atoms with Crippen LogP contribution >= 0.6 is 0 Å². The fourth-order valence-corrected chi connectivity index (χ4v) is 1.75. The van der Waals surface area contributed by atoms with Gasteiger partial charge in [-0.25, -0.2) is 4.39 Å². The van der Waals surface area contributed by atoms with Crippen molar-refractivity contribution >= 4 is 5.91 Å². The number of halogens is 1. The zero-order valence-electron chi connectivity index (χ0n) is 11.4. The van der Waals surface area contributed by atoms with Crippen LogP contribution in [0.1, 0.15) is 29.8 Å². The van der Waals surface area contributed by atoms with Gasteiger partial charge in [-0.15, -0.1) is 0 Å². The molecular weight excluding hydrogens is 233 g/mol. The van der Waals surface area contributed by atoms with Crippen LogP contribution < -0.4 is 0 Å². The Labute approximate surface area is 108 Å². The van der Waals surface area contributed by atoms with Crippen LogP contribution in [0.4, 0.5) is 4.39 Å². The van der Waals surface area contributed by atoms with E-state index >= 15 is 0 Å². The molecule has 0 aliphatic heterocycles. The van der Waals surface area contributed by atoms with E-state index in [0.29, 0.717) is 18.7 Å². The number of carbonyl (C=O) groups excluding carboxylic acids is 1. The van der Waals surface area contributed by atoms with Crippen LogP contribution in [0.25, 0.3) is 0 Å². The SMILES string of the molecule is COCCN(C(=O)c1cccc(C)c1F)C(C)C. The van der Waals surface area contributed by atoms with Gasteiger partial charge in [0.05, 0.1) is 12.2 Å². The first-order valence-electron chi connectivity index (χ1n) is 6.04. The van der Waals surface area contributed by atoms with Crippen molar-refractivity contribution in [1.29, 1.82) is 0 Å². The van der Waals surface area contributed by atoms with Crippen molar-refractivity contribution in [2.75, 3.05) is 20.3 Å². The number of ether oxygens (including phenoxy) is 1. The van der Waals surface area contributed by atoms with E-state index in [9.17, 15) is 9.18 Å². The van der Waals surface area contributed by atoms with E-state index < -0.39 is 5.82 Å². The molecule has 18 heavy (non-hydrogen) atoms. The molecule has 0 bridgehead atoms. The van der Waals surface area contributed by atoms with Crippen molar-refractivity contribution in [2.24, 2.45) is 0 Å². The van der Waals surface area contributed by atoms with Crippen molar-refractivity contribution in [3.8, 4) is 0 Å². The highest BCUT2D eigenvalue weighted by Gasteiger charge is 2.21. The Morgan fingerprint density at radius 3 is 2.67 bits per heavy atom. The van der Waals surface area contributed by atoms with Gasteiger partial charge in [0.15, 0.2) is 0 Å². The molecule has 0 heterocycles. The maximum atomic E-state index is 13.9.